The molecule has 2 atom stereocenters. The molecule has 0 spiro atoms. The third-order valence-electron chi connectivity index (χ3n) is 1.39. The van der Waals surface area contributed by atoms with E-state index in [2.05, 4.69) is 0 Å². The van der Waals surface area contributed by atoms with Crippen molar-refractivity contribution in [1.29, 1.82) is 0 Å². The summed E-state index contributed by atoms with van der Waals surface area (Å²) in [7, 11) is 0. The van der Waals surface area contributed by atoms with Gasteiger partial charge in [-0.25, -0.2) is 0 Å². The first-order chi connectivity index (χ1) is 4.46. The predicted molar refractivity (Wildman–Crippen MR) is 37.0 cm³/mol. The average molecular weight is 182 g/mol. The molecular weight excluding hydrogens is 177 g/mol. The zero-order valence-corrected chi connectivity index (χ0v) is 6.66. The van der Waals surface area contributed by atoms with Gasteiger partial charge >= 0.3 is 0 Å². The molecule has 0 aromatic rings. The number of hydrogen-bond acceptors (Lipinski definition) is 2. The van der Waals surface area contributed by atoms with Crippen LogP contribution in [0.3, 0.4) is 0 Å². The van der Waals surface area contributed by atoms with Gasteiger partial charge in [0.15, 0.2) is 0 Å². The van der Waals surface area contributed by atoms with E-state index in [0.717, 1.165) is 0 Å². The fourth-order valence-corrected chi connectivity index (χ4v) is 0.959. The van der Waals surface area contributed by atoms with E-state index in [1.807, 2.05) is 5.32 Å². The molecule has 3 nitrogen and oxygen atoms in total. The van der Waals surface area contributed by atoms with Crippen molar-refractivity contribution < 1.29 is 9.59 Å². The van der Waals surface area contributed by atoms with Crippen LogP contribution in [0.2, 0.25) is 0 Å². The highest BCUT2D eigenvalue weighted by Gasteiger charge is 2.49. The zero-order valence-electron chi connectivity index (χ0n) is 5.15. The predicted octanol–water partition coefficient (Wildman–Crippen LogP) is 0.248. The number of imide groups is 1. The number of carbonyl (C=O) groups excluding carboxylic acids is 2. The van der Waals surface area contributed by atoms with E-state index >= 15 is 0 Å². The summed E-state index contributed by atoms with van der Waals surface area (Å²) in [6.45, 7) is 1.41. The Kier molecular flexibility index (Phi) is 1.65. The highest BCUT2D eigenvalue weighted by atomic mass is 35.5. The van der Waals surface area contributed by atoms with Crippen LogP contribution >= 0.6 is 23.2 Å². The topological polar surface area (TPSA) is 46.2 Å². The van der Waals surface area contributed by atoms with Gasteiger partial charge < -0.3 is 0 Å². The fourth-order valence-electron chi connectivity index (χ4n) is 0.659. The molecular formula is C5H5Cl2NO2. The second-order valence-corrected chi connectivity index (χ2v) is 3.48. The molecule has 1 N–H and O–H groups in total. The van der Waals surface area contributed by atoms with Crippen LogP contribution in [0.25, 0.3) is 0 Å². The molecule has 0 aromatic carbocycles. The molecule has 1 heterocycles. The number of alkyl halides is 2. The molecule has 1 fully saturated rings. The van der Waals surface area contributed by atoms with Gasteiger partial charge in [0.2, 0.25) is 11.8 Å². The summed E-state index contributed by atoms with van der Waals surface area (Å²) in [5.74, 6) is -1.05. The minimum Gasteiger partial charge on any atom is -0.293 e. The van der Waals surface area contributed by atoms with Gasteiger partial charge in [0, 0.05) is 0 Å². The minimum absolute atomic E-state index is 0.524. The maximum Gasteiger partial charge on any atom is 0.249 e. The van der Waals surface area contributed by atoms with Crippen LogP contribution in [-0.4, -0.2) is 22.1 Å². The van der Waals surface area contributed by atoms with Gasteiger partial charge in [0.05, 0.1) is 0 Å². The molecule has 0 bridgehead atoms. The Hall–Kier alpha value is -0.280. The lowest BCUT2D eigenvalue weighted by Crippen LogP contribution is -2.33. The van der Waals surface area contributed by atoms with E-state index < -0.39 is 22.1 Å². The molecule has 10 heavy (non-hydrogen) atoms. The standard InChI is InChI=1S/C5H5Cl2NO2/c1-5(7)2(6)3(9)8-4(5)10/h2H,1H3,(H,8,9,10). The molecule has 5 heteroatoms. The van der Waals surface area contributed by atoms with E-state index in [-0.39, 0.29) is 0 Å². The lowest BCUT2D eigenvalue weighted by atomic mass is 10.1. The number of halogens is 2. The number of nitrogens with one attached hydrogen (secondary N) is 1. The Morgan fingerprint density at radius 3 is 2.20 bits per heavy atom. The van der Waals surface area contributed by atoms with Crippen molar-refractivity contribution in [1.82, 2.24) is 5.32 Å². The van der Waals surface area contributed by atoms with Crippen molar-refractivity contribution >= 4 is 35.0 Å². The minimum atomic E-state index is -1.28. The Morgan fingerprint density at radius 1 is 1.60 bits per heavy atom. The maximum absolute atomic E-state index is 10.8. The Bertz CT molecular complexity index is 202. The normalized spacial score (nSPS) is 40.1. The second-order valence-electron chi connectivity index (χ2n) is 2.26. The van der Waals surface area contributed by atoms with Crippen LogP contribution in [0.5, 0.6) is 0 Å². The molecule has 0 saturated carbocycles. The first-order valence-electron chi connectivity index (χ1n) is 2.64. The van der Waals surface area contributed by atoms with Crippen LogP contribution in [-0.2, 0) is 9.59 Å². The summed E-state index contributed by atoms with van der Waals surface area (Å²) < 4.78 is 0. The summed E-state index contributed by atoms with van der Waals surface area (Å²) >= 11 is 11.1. The van der Waals surface area contributed by atoms with Crippen molar-refractivity contribution in [2.45, 2.75) is 17.2 Å². The fraction of sp³-hybridized carbons (Fsp3) is 0.600. The van der Waals surface area contributed by atoms with E-state index in [0.29, 0.717) is 0 Å². The van der Waals surface area contributed by atoms with E-state index in [1.54, 1.807) is 0 Å². The highest BCUT2D eigenvalue weighted by Crippen LogP contribution is 2.28. The van der Waals surface area contributed by atoms with Crippen LogP contribution in [0, 0.1) is 0 Å². The third-order valence-corrected chi connectivity index (χ3v) is 2.52. The van der Waals surface area contributed by atoms with Gasteiger partial charge in [-0.1, -0.05) is 0 Å². The summed E-state index contributed by atoms with van der Waals surface area (Å²) in [5, 5.41) is 1.06. The average Bonchev–Trinajstić information content (AvgIpc) is 1.97. The quantitative estimate of drug-likeness (QED) is 0.431. The Morgan fingerprint density at radius 2 is 2.10 bits per heavy atom. The largest absolute Gasteiger partial charge is 0.293 e. The lowest BCUT2D eigenvalue weighted by Gasteiger charge is -2.11. The molecule has 1 aliphatic rings. The zero-order chi connectivity index (χ0) is 7.94. The number of carbonyl (C=O) groups is 2. The molecule has 2 amide bonds. The highest BCUT2D eigenvalue weighted by molar-refractivity contribution is 6.50. The molecule has 0 aliphatic carbocycles. The Balaban J connectivity index is 2.96. The van der Waals surface area contributed by atoms with E-state index in [4.69, 9.17) is 23.2 Å². The van der Waals surface area contributed by atoms with Gasteiger partial charge in [-0.3, -0.25) is 14.9 Å². The van der Waals surface area contributed by atoms with Crippen LogP contribution in [0.1, 0.15) is 6.92 Å². The monoisotopic (exact) mass is 181 g/mol. The van der Waals surface area contributed by atoms with Gasteiger partial charge in [0.1, 0.15) is 10.3 Å². The van der Waals surface area contributed by atoms with Crippen LogP contribution < -0.4 is 5.32 Å². The van der Waals surface area contributed by atoms with Crippen LogP contribution in [0.4, 0.5) is 0 Å². The second kappa shape index (κ2) is 2.10. The number of hydrogen-bond donors (Lipinski definition) is 1. The smallest absolute Gasteiger partial charge is 0.249 e. The van der Waals surface area contributed by atoms with Gasteiger partial charge in [-0.15, -0.1) is 23.2 Å². The van der Waals surface area contributed by atoms with Crippen molar-refractivity contribution in [2.75, 3.05) is 0 Å². The lowest BCUT2D eigenvalue weighted by molar-refractivity contribution is -0.125. The number of rotatable bonds is 0. The summed E-state index contributed by atoms with van der Waals surface area (Å²) in [5.41, 5.74) is 0. The van der Waals surface area contributed by atoms with E-state index in [1.165, 1.54) is 6.92 Å². The van der Waals surface area contributed by atoms with Gasteiger partial charge in [-0.05, 0) is 6.92 Å². The van der Waals surface area contributed by atoms with Gasteiger partial charge in [-0.2, -0.15) is 0 Å². The van der Waals surface area contributed by atoms with Crippen molar-refractivity contribution in [2.24, 2.45) is 0 Å². The van der Waals surface area contributed by atoms with Crippen LogP contribution in [0.15, 0.2) is 0 Å². The molecule has 56 valence electrons. The van der Waals surface area contributed by atoms with Crippen molar-refractivity contribution in [3.05, 3.63) is 0 Å². The molecule has 1 rings (SSSR count). The molecule has 1 aliphatic heterocycles. The SMILES string of the molecule is CC1(Cl)C(=O)NC(=O)C1Cl. The first-order valence-corrected chi connectivity index (χ1v) is 3.46. The molecule has 1 saturated heterocycles. The van der Waals surface area contributed by atoms with Crippen molar-refractivity contribution in [3.63, 3.8) is 0 Å². The Labute approximate surface area is 67.7 Å². The number of amides is 2. The van der Waals surface area contributed by atoms with Gasteiger partial charge in [0.25, 0.3) is 0 Å². The van der Waals surface area contributed by atoms with E-state index in [9.17, 15) is 9.59 Å². The first kappa shape index (κ1) is 7.82. The summed E-state index contributed by atoms with van der Waals surface area (Å²) in [4.78, 5) is 20.1. The summed E-state index contributed by atoms with van der Waals surface area (Å²) in [6.07, 6.45) is 0. The van der Waals surface area contributed by atoms with Crippen molar-refractivity contribution in [3.8, 4) is 0 Å². The molecule has 0 aromatic heterocycles. The third kappa shape index (κ3) is 0.896. The maximum atomic E-state index is 10.8. The summed E-state index contributed by atoms with van der Waals surface area (Å²) in [6, 6.07) is 0. The molecule has 0 radical (unpaired) electrons. The molecule has 2 unspecified atom stereocenters.